The molecule has 9 nitrogen and oxygen atoms in total. The smallest absolute Gasteiger partial charge is 0.256 e. The number of aromatic nitrogens is 4. The van der Waals surface area contributed by atoms with Crippen LogP contribution >= 0.6 is 0 Å². The molecule has 3 aromatic heterocycles. The molecule has 0 saturated carbocycles. The van der Waals surface area contributed by atoms with Crippen LogP contribution in [0.25, 0.3) is 16.8 Å². The summed E-state index contributed by atoms with van der Waals surface area (Å²) in [5, 5.41) is 2.78. The average molecular weight is 482 g/mol. The summed E-state index contributed by atoms with van der Waals surface area (Å²) in [6.45, 7) is 4.34. The largest absolute Gasteiger partial charge is 0.382 e. The van der Waals surface area contributed by atoms with Crippen molar-refractivity contribution in [2.24, 2.45) is 0 Å². The van der Waals surface area contributed by atoms with Crippen molar-refractivity contribution in [2.75, 3.05) is 17.6 Å². The number of benzene rings is 1. The minimum absolute atomic E-state index is 0.106. The maximum Gasteiger partial charge on any atom is 0.256 e. The van der Waals surface area contributed by atoms with Crippen molar-refractivity contribution in [2.45, 2.75) is 31.7 Å². The Labute approximate surface area is 208 Å². The van der Waals surface area contributed by atoms with Crippen LogP contribution in [0.3, 0.4) is 0 Å². The molecule has 5 rings (SSSR count). The first-order valence-corrected chi connectivity index (χ1v) is 11.9. The van der Waals surface area contributed by atoms with Gasteiger partial charge in [0.15, 0.2) is 0 Å². The van der Waals surface area contributed by atoms with E-state index in [-0.39, 0.29) is 17.9 Å². The van der Waals surface area contributed by atoms with Crippen LogP contribution in [0.4, 0.5) is 11.6 Å². The molecule has 4 heterocycles. The second-order valence-electron chi connectivity index (χ2n) is 8.70. The number of likely N-dealkylation sites (tertiary alicyclic amines) is 1. The van der Waals surface area contributed by atoms with Gasteiger partial charge >= 0.3 is 0 Å². The lowest BCUT2D eigenvalue weighted by Crippen LogP contribution is -2.34. The van der Waals surface area contributed by atoms with Crippen LogP contribution in [0.2, 0.25) is 0 Å². The van der Waals surface area contributed by atoms with Gasteiger partial charge in [-0.3, -0.25) is 14.0 Å². The van der Waals surface area contributed by atoms with E-state index in [0.29, 0.717) is 35.0 Å². The highest BCUT2D eigenvalue weighted by atomic mass is 16.2. The zero-order valence-corrected chi connectivity index (χ0v) is 19.8. The number of carbonyl (C=O) groups is 2. The van der Waals surface area contributed by atoms with E-state index in [1.54, 1.807) is 36.7 Å². The monoisotopic (exact) mass is 481 g/mol. The normalized spacial score (nSPS) is 15.9. The number of amides is 2. The number of anilines is 2. The van der Waals surface area contributed by atoms with Crippen LogP contribution in [0.1, 0.15) is 47.9 Å². The molecule has 1 fully saturated rings. The quantitative estimate of drug-likeness (QED) is 0.411. The SMILES string of the molecule is C=CC(=O)N1CCCCCC1c1nc(-c2ccc(C(=O)Nc3ccccn3)cc2)c2c(N)nccn12. The number of rotatable bonds is 5. The second kappa shape index (κ2) is 9.99. The summed E-state index contributed by atoms with van der Waals surface area (Å²) in [6.07, 6.45) is 10.2. The van der Waals surface area contributed by atoms with Gasteiger partial charge in [0.05, 0.1) is 6.04 Å². The van der Waals surface area contributed by atoms with Gasteiger partial charge in [-0.05, 0) is 43.2 Å². The number of hydrogen-bond acceptors (Lipinski definition) is 6. The van der Waals surface area contributed by atoms with Gasteiger partial charge in [0.25, 0.3) is 5.91 Å². The van der Waals surface area contributed by atoms with E-state index in [1.165, 1.54) is 6.08 Å². The maximum atomic E-state index is 12.7. The summed E-state index contributed by atoms with van der Waals surface area (Å²) >= 11 is 0. The Morgan fingerprint density at radius 1 is 1.06 bits per heavy atom. The molecule has 1 atom stereocenters. The predicted octanol–water partition coefficient (Wildman–Crippen LogP) is 4.26. The summed E-state index contributed by atoms with van der Waals surface area (Å²) in [7, 11) is 0. The number of fused-ring (bicyclic) bond motifs is 1. The molecule has 9 heteroatoms. The van der Waals surface area contributed by atoms with E-state index in [9.17, 15) is 9.59 Å². The molecule has 4 aromatic rings. The van der Waals surface area contributed by atoms with E-state index in [0.717, 1.165) is 37.1 Å². The lowest BCUT2D eigenvalue weighted by atomic mass is 10.1. The highest BCUT2D eigenvalue weighted by Crippen LogP contribution is 2.35. The average Bonchev–Trinajstić information content (AvgIpc) is 3.13. The Balaban J connectivity index is 1.53. The number of imidazole rings is 1. The lowest BCUT2D eigenvalue weighted by Gasteiger charge is -2.28. The molecule has 2 amide bonds. The highest BCUT2D eigenvalue weighted by Gasteiger charge is 2.30. The standard InChI is InChI=1S/C27H27N7O2/c1-2-22(35)33-16-7-3-4-8-20(33)26-32-23(24-25(28)30-15-17-34(24)26)18-10-12-19(13-11-18)27(36)31-21-9-5-6-14-29-21/h2,5-6,9-15,17,20H,1,3-4,7-8,16H2,(H2,28,30)(H,29,31,36). The first-order chi connectivity index (χ1) is 17.6. The van der Waals surface area contributed by atoms with Crippen LogP contribution < -0.4 is 11.1 Å². The van der Waals surface area contributed by atoms with Gasteiger partial charge in [0.1, 0.15) is 28.7 Å². The number of carbonyl (C=O) groups excluding carboxylic acids is 2. The zero-order chi connectivity index (χ0) is 25.1. The molecule has 3 N–H and O–H groups in total. The Morgan fingerprint density at radius 2 is 1.89 bits per heavy atom. The molecule has 1 unspecified atom stereocenters. The van der Waals surface area contributed by atoms with E-state index < -0.39 is 0 Å². The molecular formula is C27H27N7O2. The van der Waals surface area contributed by atoms with Gasteiger partial charge < -0.3 is 16.0 Å². The minimum atomic E-state index is -0.256. The van der Waals surface area contributed by atoms with E-state index in [1.807, 2.05) is 33.7 Å². The number of nitrogens with zero attached hydrogens (tertiary/aromatic N) is 5. The number of nitrogens with one attached hydrogen (secondary N) is 1. The maximum absolute atomic E-state index is 12.7. The van der Waals surface area contributed by atoms with Crippen molar-refractivity contribution < 1.29 is 9.59 Å². The third-order valence-corrected chi connectivity index (χ3v) is 6.45. The van der Waals surface area contributed by atoms with Crippen molar-refractivity contribution in [3.63, 3.8) is 0 Å². The van der Waals surface area contributed by atoms with E-state index >= 15 is 0 Å². The van der Waals surface area contributed by atoms with Crippen molar-refractivity contribution in [1.82, 2.24) is 24.3 Å². The fourth-order valence-corrected chi connectivity index (χ4v) is 4.69. The van der Waals surface area contributed by atoms with Crippen LogP contribution in [0.5, 0.6) is 0 Å². The molecule has 36 heavy (non-hydrogen) atoms. The van der Waals surface area contributed by atoms with E-state index in [4.69, 9.17) is 10.7 Å². The molecule has 0 radical (unpaired) electrons. The molecular weight excluding hydrogens is 454 g/mol. The summed E-state index contributed by atoms with van der Waals surface area (Å²) in [5.74, 6) is 1.21. The van der Waals surface area contributed by atoms with Gasteiger partial charge in [0.2, 0.25) is 5.91 Å². The van der Waals surface area contributed by atoms with E-state index in [2.05, 4.69) is 21.9 Å². The second-order valence-corrected chi connectivity index (χ2v) is 8.70. The fraction of sp³-hybridized carbons (Fsp3) is 0.222. The highest BCUT2D eigenvalue weighted by molar-refractivity contribution is 6.04. The molecule has 1 aliphatic heterocycles. The van der Waals surface area contributed by atoms with Crippen LogP contribution in [0, 0.1) is 0 Å². The minimum Gasteiger partial charge on any atom is -0.382 e. The topological polar surface area (TPSA) is 119 Å². The van der Waals surface area contributed by atoms with Gasteiger partial charge in [-0.2, -0.15) is 0 Å². The van der Waals surface area contributed by atoms with Crippen LogP contribution in [-0.2, 0) is 4.79 Å². The Kier molecular flexibility index (Phi) is 6.44. The number of hydrogen-bond donors (Lipinski definition) is 2. The Bertz CT molecular complexity index is 1410. The Hall–Kier alpha value is -4.53. The van der Waals surface area contributed by atoms with Crippen molar-refractivity contribution in [1.29, 1.82) is 0 Å². The number of pyridine rings is 1. The first-order valence-electron chi connectivity index (χ1n) is 11.9. The third-order valence-electron chi connectivity index (χ3n) is 6.45. The molecule has 1 saturated heterocycles. The summed E-state index contributed by atoms with van der Waals surface area (Å²) < 4.78 is 1.93. The predicted molar refractivity (Wildman–Crippen MR) is 138 cm³/mol. The van der Waals surface area contributed by atoms with Crippen LogP contribution in [0.15, 0.2) is 73.7 Å². The van der Waals surface area contributed by atoms with Gasteiger partial charge in [-0.15, -0.1) is 0 Å². The van der Waals surface area contributed by atoms with Crippen LogP contribution in [-0.4, -0.2) is 42.6 Å². The van der Waals surface area contributed by atoms with Crippen molar-refractivity contribution in [3.8, 4) is 11.3 Å². The molecule has 182 valence electrons. The fourth-order valence-electron chi connectivity index (χ4n) is 4.69. The summed E-state index contributed by atoms with van der Waals surface area (Å²) in [4.78, 5) is 40.6. The third kappa shape index (κ3) is 4.43. The molecule has 0 spiro atoms. The molecule has 1 aliphatic rings. The van der Waals surface area contributed by atoms with Gasteiger partial charge in [0, 0.05) is 36.3 Å². The first kappa shape index (κ1) is 23.2. The number of nitrogens with two attached hydrogens (primary N) is 1. The lowest BCUT2D eigenvalue weighted by molar-refractivity contribution is -0.128. The summed E-state index contributed by atoms with van der Waals surface area (Å²) in [5.41, 5.74) is 8.93. The molecule has 1 aromatic carbocycles. The molecule has 0 aliphatic carbocycles. The van der Waals surface area contributed by atoms with Crippen molar-refractivity contribution >= 4 is 29.0 Å². The van der Waals surface area contributed by atoms with Crippen molar-refractivity contribution in [3.05, 3.63) is 85.1 Å². The molecule has 0 bridgehead atoms. The van der Waals surface area contributed by atoms with Gasteiger partial charge in [-0.1, -0.05) is 37.6 Å². The zero-order valence-electron chi connectivity index (χ0n) is 19.8. The number of nitrogen functional groups attached to an aromatic ring is 1. The van der Waals surface area contributed by atoms with Gasteiger partial charge in [-0.25, -0.2) is 15.0 Å². The Morgan fingerprint density at radius 3 is 2.64 bits per heavy atom. The summed E-state index contributed by atoms with van der Waals surface area (Å²) in [6, 6.07) is 12.3.